The summed E-state index contributed by atoms with van der Waals surface area (Å²) < 4.78 is 26.0. The third-order valence-electron chi connectivity index (χ3n) is 2.75. The minimum Gasteiger partial charge on any atom is -0.392 e. The summed E-state index contributed by atoms with van der Waals surface area (Å²) in [4.78, 5) is 11.8. The van der Waals surface area contributed by atoms with Crippen molar-refractivity contribution in [1.29, 1.82) is 0 Å². The molecule has 0 atom stereocenters. The number of carbonyl (C=O) groups is 1. The first kappa shape index (κ1) is 14.1. The lowest BCUT2D eigenvalue weighted by molar-refractivity contribution is 0.0950. The molecule has 2 N–H and O–H groups in total. The van der Waals surface area contributed by atoms with Gasteiger partial charge in [-0.05, 0) is 23.3 Å². The van der Waals surface area contributed by atoms with Gasteiger partial charge in [-0.15, -0.1) is 0 Å². The van der Waals surface area contributed by atoms with E-state index >= 15 is 0 Å². The molecule has 2 aromatic rings. The molecule has 0 aliphatic carbocycles. The van der Waals surface area contributed by atoms with Crippen LogP contribution in [0.3, 0.4) is 0 Å². The van der Waals surface area contributed by atoms with Crippen LogP contribution in [0.15, 0.2) is 42.5 Å². The zero-order valence-electron chi connectivity index (χ0n) is 10.6. The summed E-state index contributed by atoms with van der Waals surface area (Å²) in [7, 11) is 0. The van der Waals surface area contributed by atoms with Crippen molar-refractivity contribution < 1.29 is 18.7 Å². The lowest BCUT2D eigenvalue weighted by atomic mass is 10.1. The van der Waals surface area contributed by atoms with Crippen LogP contribution in [0, 0.1) is 11.6 Å². The van der Waals surface area contributed by atoms with Crippen molar-refractivity contribution in [3.63, 3.8) is 0 Å². The molecular formula is C15H13F2NO2. The fourth-order valence-corrected chi connectivity index (χ4v) is 1.81. The van der Waals surface area contributed by atoms with E-state index in [0.717, 1.165) is 23.3 Å². The summed E-state index contributed by atoms with van der Waals surface area (Å²) in [5.41, 5.74) is 1.45. The second kappa shape index (κ2) is 6.25. The number of rotatable bonds is 4. The predicted molar refractivity (Wildman–Crippen MR) is 69.9 cm³/mol. The van der Waals surface area contributed by atoms with E-state index in [1.807, 2.05) is 0 Å². The van der Waals surface area contributed by atoms with Crippen LogP contribution in [0.1, 0.15) is 21.5 Å². The molecule has 2 aromatic carbocycles. The lowest BCUT2D eigenvalue weighted by Gasteiger charge is -2.07. The molecule has 20 heavy (non-hydrogen) atoms. The molecule has 0 bridgehead atoms. The van der Waals surface area contributed by atoms with Crippen molar-refractivity contribution in [2.75, 3.05) is 0 Å². The SMILES string of the molecule is O=C(NCc1cccc(CO)c1)c1cc(F)cc(F)c1. The molecule has 3 nitrogen and oxygen atoms in total. The Hall–Kier alpha value is -2.27. The Morgan fingerprint density at radius 1 is 1.05 bits per heavy atom. The lowest BCUT2D eigenvalue weighted by Crippen LogP contribution is -2.23. The van der Waals surface area contributed by atoms with Crippen LogP contribution >= 0.6 is 0 Å². The predicted octanol–water partition coefficient (Wildman–Crippen LogP) is 2.39. The minimum atomic E-state index is -0.794. The molecule has 0 fully saturated rings. The molecule has 0 spiro atoms. The molecule has 0 aliphatic heterocycles. The number of benzene rings is 2. The Balaban J connectivity index is 2.04. The highest BCUT2D eigenvalue weighted by Crippen LogP contribution is 2.09. The third kappa shape index (κ3) is 3.61. The standard InChI is InChI=1S/C15H13F2NO2/c16-13-5-12(6-14(17)7-13)15(20)18-8-10-2-1-3-11(4-10)9-19/h1-7,19H,8-9H2,(H,18,20). The van der Waals surface area contributed by atoms with Gasteiger partial charge >= 0.3 is 0 Å². The number of aliphatic hydroxyl groups is 1. The summed E-state index contributed by atoms with van der Waals surface area (Å²) in [5.74, 6) is -2.15. The summed E-state index contributed by atoms with van der Waals surface area (Å²) >= 11 is 0. The highest BCUT2D eigenvalue weighted by molar-refractivity contribution is 5.94. The van der Waals surface area contributed by atoms with Crippen LogP contribution < -0.4 is 5.32 Å². The molecule has 5 heteroatoms. The normalized spacial score (nSPS) is 10.3. The molecule has 104 valence electrons. The van der Waals surface area contributed by atoms with E-state index in [1.54, 1.807) is 24.3 Å². The second-order valence-corrected chi connectivity index (χ2v) is 4.32. The van der Waals surface area contributed by atoms with Gasteiger partial charge < -0.3 is 10.4 Å². The van der Waals surface area contributed by atoms with Gasteiger partial charge in [0.2, 0.25) is 0 Å². The van der Waals surface area contributed by atoms with Gasteiger partial charge in [0.15, 0.2) is 0 Å². The Labute approximate surface area is 114 Å². The van der Waals surface area contributed by atoms with Crippen molar-refractivity contribution in [1.82, 2.24) is 5.32 Å². The van der Waals surface area contributed by atoms with E-state index in [0.29, 0.717) is 6.07 Å². The number of nitrogens with one attached hydrogen (secondary N) is 1. The van der Waals surface area contributed by atoms with E-state index in [-0.39, 0.29) is 18.7 Å². The molecule has 0 unspecified atom stereocenters. The molecular weight excluding hydrogens is 264 g/mol. The number of hydrogen-bond acceptors (Lipinski definition) is 2. The van der Waals surface area contributed by atoms with Gasteiger partial charge in [0.25, 0.3) is 5.91 Å². The van der Waals surface area contributed by atoms with Crippen molar-refractivity contribution in [2.24, 2.45) is 0 Å². The van der Waals surface area contributed by atoms with Gasteiger partial charge in [-0.25, -0.2) is 8.78 Å². The summed E-state index contributed by atoms with van der Waals surface area (Å²) in [5, 5.41) is 11.6. The second-order valence-electron chi connectivity index (χ2n) is 4.32. The van der Waals surface area contributed by atoms with Gasteiger partial charge in [0.1, 0.15) is 11.6 Å². The van der Waals surface area contributed by atoms with Gasteiger partial charge in [-0.3, -0.25) is 4.79 Å². The zero-order valence-corrected chi connectivity index (χ0v) is 10.6. The zero-order chi connectivity index (χ0) is 14.5. The van der Waals surface area contributed by atoms with Crippen LogP contribution in [-0.2, 0) is 13.2 Å². The Morgan fingerprint density at radius 3 is 2.35 bits per heavy atom. The maximum atomic E-state index is 13.0. The summed E-state index contributed by atoms with van der Waals surface area (Å²) in [6.45, 7) is 0.127. The molecule has 0 saturated carbocycles. The molecule has 0 radical (unpaired) electrons. The Bertz CT molecular complexity index is 609. The molecule has 0 aromatic heterocycles. The fourth-order valence-electron chi connectivity index (χ4n) is 1.81. The van der Waals surface area contributed by atoms with Crippen LogP contribution in [0.5, 0.6) is 0 Å². The van der Waals surface area contributed by atoms with Crippen molar-refractivity contribution >= 4 is 5.91 Å². The smallest absolute Gasteiger partial charge is 0.251 e. The average Bonchev–Trinajstić information content (AvgIpc) is 2.44. The maximum Gasteiger partial charge on any atom is 0.251 e. The van der Waals surface area contributed by atoms with Crippen LogP contribution in [-0.4, -0.2) is 11.0 Å². The van der Waals surface area contributed by atoms with Gasteiger partial charge in [-0.1, -0.05) is 24.3 Å². The molecule has 0 aliphatic rings. The number of hydrogen-bond donors (Lipinski definition) is 2. The Kier molecular flexibility index (Phi) is 4.42. The summed E-state index contributed by atoms with van der Waals surface area (Å²) in [6.07, 6.45) is 0. The number of halogens is 2. The monoisotopic (exact) mass is 277 g/mol. The van der Waals surface area contributed by atoms with E-state index < -0.39 is 17.5 Å². The quantitative estimate of drug-likeness (QED) is 0.901. The number of amides is 1. The third-order valence-corrected chi connectivity index (χ3v) is 2.75. The fraction of sp³-hybridized carbons (Fsp3) is 0.133. The first-order valence-electron chi connectivity index (χ1n) is 6.01. The van der Waals surface area contributed by atoms with Crippen LogP contribution in [0.4, 0.5) is 8.78 Å². The molecule has 1 amide bonds. The van der Waals surface area contributed by atoms with Gasteiger partial charge in [0, 0.05) is 18.2 Å². The van der Waals surface area contributed by atoms with Crippen LogP contribution in [0.25, 0.3) is 0 Å². The number of carbonyl (C=O) groups excluding carboxylic acids is 1. The van der Waals surface area contributed by atoms with E-state index in [4.69, 9.17) is 5.11 Å². The summed E-state index contributed by atoms with van der Waals surface area (Å²) in [6, 6.07) is 9.70. The topological polar surface area (TPSA) is 49.3 Å². The molecule has 0 heterocycles. The molecule has 2 rings (SSSR count). The van der Waals surface area contributed by atoms with E-state index in [1.165, 1.54) is 0 Å². The largest absolute Gasteiger partial charge is 0.392 e. The number of aliphatic hydroxyl groups excluding tert-OH is 1. The van der Waals surface area contributed by atoms with Crippen molar-refractivity contribution in [2.45, 2.75) is 13.2 Å². The van der Waals surface area contributed by atoms with Crippen LogP contribution in [0.2, 0.25) is 0 Å². The van der Waals surface area contributed by atoms with Gasteiger partial charge in [-0.2, -0.15) is 0 Å². The highest BCUT2D eigenvalue weighted by atomic mass is 19.1. The van der Waals surface area contributed by atoms with Crippen molar-refractivity contribution in [3.05, 3.63) is 70.8 Å². The van der Waals surface area contributed by atoms with E-state index in [2.05, 4.69) is 5.32 Å². The van der Waals surface area contributed by atoms with Crippen molar-refractivity contribution in [3.8, 4) is 0 Å². The highest BCUT2D eigenvalue weighted by Gasteiger charge is 2.09. The first-order valence-corrected chi connectivity index (χ1v) is 6.01. The first-order chi connectivity index (χ1) is 9.58. The van der Waals surface area contributed by atoms with E-state index in [9.17, 15) is 13.6 Å². The average molecular weight is 277 g/mol. The molecule has 0 saturated heterocycles. The minimum absolute atomic E-state index is 0.0687. The Morgan fingerprint density at radius 2 is 1.70 bits per heavy atom. The maximum absolute atomic E-state index is 13.0. The van der Waals surface area contributed by atoms with Gasteiger partial charge in [0.05, 0.1) is 6.61 Å².